The topological polar surface area (TPSA) is 15.3 Å². The van der Waals surface area contributed by atoms with Crippen molar-refractivity contribution in [3.8, 4) is 0 Å². The number of rotatable bonds is 6. The summed E-state index contributed by atoms with van der Waals surface area (Å²) >= 11 is 5.51. The van der Waals surface area contributed by atoms with Crippen LogP contribution in [0.15, 0.2) is 40.2 Å². The Labute approximate surface area is 133 Å². The van der Waals surface area contributed by atoms with Crippen molar-refractivity contribution in [1.82, 2.24) is 5.32 Å². The number of thiophene rings is 1. The molecule has 1 aromatic heterocycles. The molecule has 0 spiro atoms. The molecule has 20 heavy (non-hydrogen) atoms. The number of hydrogen-bond donors (Lipinski definition) is 1. The number of benzene rings is 1. The van der Waals surface area contributed by atoms with Crippen LogP contribution in [0, 0.1) is 0 Å². The molecule has 0 aliphatic rings. The molecule has 0 bridgehead atoms. The average Bonchev–Trinajstić information content (AvgIpc) is 2.98. The number of nitrogens with one attached hydrogen (secondary N) is 1. The van der Waals surface area contributed by atoms with Gasteiger partial charge < -0.3 is 10.2 Å². The molecule has 0 radical (unpaired) electrons. The molecule has 0 saturated heterocycles. The SMILES string of the molecule is CCNCc1ccc(N(C)C(C)c2cccs2)c(Br)c1. The second kappa shape index (κ2) is 7.25. The normalized spacial score (nSPS) is 12.4. The van der Waals surface area contributed by atoms with Crippen LogP contribution in [-0.2, 0) is 6.54 Å². The first-order valence-electron chi connectivity index (χ1n) is 6.88. The maximum Gasteiger partial charge on any atom is 0.0604 e. The minimum Gasteiger partial charge on any atom is -0.366 e. The Kier molecular flexibility index (Phi) is 5.64. The zero-order chi connectivity index (χ0) is 14.5. The average molecular weight is 353 g/mol. The van der Waals surface area contributed by atoms with E-state index < -0.39 is 0 Å². The van der Waals surface area contributed by atoms with Gasteiger partial charge in [-0.2, -0.15) is 0 Å². The fourth-order valence-corrected chi connectivity index (χ4v) is 3.68. The van der Waals surface area contributed by atoms with Crippen LogP contribution in [0.3, 0.4) is 0 Å². The lowest BCUT2D eigenvalue weighted by molar-refractivity contribution is 0.724. The highest BCUT2D eigenvalue weighted by Crippen LogP contribution is 2.33. The van der Waals surface area contributed by atoms with Gasteiger partial charge in [-0.15, -0.1) is 11.3 Å². The molecule has 2 rings (SSSR count). The van der Waals surface area contributed by atoms with E-state index in [0.29, 0.717) is 6.04 Å². The van der Waals surface area contributed by atoms with E-state index in [9.17, 15) is 0 Å². The van der Waals surface area contributed by atoms with Gasteiger partial charge in [-0.05, 0) is 58.5 Å². The monoisotopic (exact) mass is 352 g/mol. The fraction of sp³-hybridized carbons (Fsp3) is 0.375. The van der Waals surface area contributed by atoms with Crippen molar-refractivity contribution in [1.29, 1.82) is 0 Å². The van der Waals surface area contributed by atoms with E-state index in [1.54, 1.807) is 0 Å². The largest absolute Gasteiger partial charge is 0.366 e. The molecule has 0 amide bonds. The van der Waals surface area contributed by atoms with Crippen molar-refractivity contribution >= 4 is 33.0 Å². The van der Waals surface area contributed by atoms with Gasteiger partial charge in [0.25, 0.3) is 0 Å². The summed E-state index contributed by atoms with van der Waals surface area (Å²) in [6.45, 7) is 6.28. The third-order valence-corrected chi connectivity index (χ3v) is 5.18. The quantitative estimate of drug-likeness (QED) is 0.801. The van der Waals surface area contributed by atoms with Gasteiger partial charge in [0.05, 0.1) is 11.7 Å². The van der Waals surface area contributed by atoms with Crippen LogP contribution in [0.1, 0.15) is 30.3 Å². The van der Waals surface area contributed by atoms with Crippen molar-refractivity contribution < 1.29 is 0 Å². The van der Waals surface area contributed by atoms with E-state index in [2.05, 4.69) is 82.8 Å². The van der Waals surface area contributed by atoms with Crippen molar-refractivity contribution in [2.45, 2.75) is 26.4 Å². The Morgan fingerprint density at radius 2 is 2.15 bits per heavy atom. The Bertz CT molecular complexity index is 539. The third-order valence-electron chi connectivity index (χ3n) is 3.51. The van der Waals surface area contributed by atoms with Crippen molar-refractivity contribution in [3.05, 3.63) is 50.6 Å². The number of anilines is 1. The predicted molar refractivity (Wildman–Crippen MR) is 92.7 cm³/mol. The summed E-state index contributed by atoms with van der Waals surface area (Å²) < 4.78 is 1.15. The van der Waals surface area contributed by atoms with Crippen molar-refractivity contribution in [2.75, 3.05) is 18.5 Å². The molecule has 1 aromatic carbocycles. The molecule has 108 valence electrons. The van der Waals surface area contributed by atoms with Gasteiger partial charge in [-0.25, -0.2) is 0 Å². The van der Waals surface area contributed by atoms with Crippen molar-refractivity contribution in [3.63, 3.8) is 0 Å². The molecule has 1 N–H and O–H groups in total. The fourth-order valence-electron chi connectivity index (χ4n) is 2.14. The van der Waals surface area contributed by atoms with Crippen LogP contribution in [-0.4, -0.2) is 13.6 Å². The van der Waals surface area contributed by atoms with E-state index in [-0.39, 0.29) is 0 Å². The summed E-state index contributed by atoms with van der Waals surface area (Å²) in [5.41, 5.74) is 2.53. The molecule has 2 aromatic rings. The molecular formula is C16H21BrN2S. The third kappa shape index (κ3) is 3.62. The number of halogens is 1. The van der Waals surface area contributed by atoms with Gasteiger partial charge in [0.2, 0.25) is 0 Å². The highest BCUT2D eigenvalue weighted by molar-refractivity contribution is 9.10. The van der Waals surface area contributed by atoms with Gasteiger partial charge >= 0.3 is 0 Å². The predicted octanol–water partition coefficient (Wildman–Crippen LogP) is 4.82. The number of nitrogens with zero attached hydrogens (tertiary/aromatic N) is 1. The van der Waals surface area contributed by atoms with E-state index in [1.165, 1.54) is 16.1 Å². The van der Waals surface area contributed by atoms with Gasteiger partial charge in [0, 0.05) is 22.9 Å². The first-order chi connectivity index (χ1) is 9.63. The molecule has 1 unspecified atom stereocenters. The van der Waals surface area contributed by atoms with Crippen LogP contribution in [0.4, 0.5) is 5.69 Å². The lowest BCUT2D eigenvalue weighted by Crippen LogP contribution is -2.21. The van der Waals surface area contributed by atoms with Crippen molar-refractivity contribution in [2.24, 2.45) is 0 Å². The van der Waals surface area contributed by atoms with Gasteiger partial charge in [-0.3, -0.25) is 0 Å². The Morgan fingerprint density at radius 3 is 2.75 bits per heavy atom. The number of hydrogen-bond acceptors (Lipinski definition) is 3. The second-order valence-corrected chi connectivity index (χ2v) is 6.70. The molecule has 0 saturated carbocycles. The lowest BCUT2D eigenvalue weighted by Gasteiger charge is -2.27. The zero-order valence-electron chi connectivity index (χ0n) is 12.2. The highest BCUT2D eigenvalue weighted by atomic mass is 79.9. The van der Waals surface area contributed by atoms with Crippen LogP contribution in [0.5, 0.6) is 0 Å². The van der Waals surface area contributed by atoms with Crippen LogP contribution in [0.25, 0.3) is 0 Å². The Hall–Kier alpha value is -0.840. The first kappa shape index (κ1) is 15.5. The van der Waals surface area contributed by atoms with Crippen LogP contribution in [0.2, 0.25) is 0 Å². The van der Waals surface area contributed by atoms with E-state index in [0.717, 1.165) is 17.6 Å². The minimum atomic E-state index is 0.380. The molecule has 1 heterocycles. The molecule has 0 aliphatic carbocycles. The smallest absolute Gasteiger partial charge is 0.0604 e. The highest BCUT2D eigenvalue weighted by Gasteiger charge is 2.15. The standard InChI is InChI=1S/C16H21BrN2S/c1-4-18-11-13-7-8-15(14(17)10-13)19(3)12(2)16-6-5-9-20-16/h5-10,12,18H,4,11H2,1-3H3. The molecule has 1 atom stereocenters. The first-order valence-corrected chi connectivity index (χ1v) is 8.56. The summed E-state index contributed by atoms with van der Waals surface area (Å²) in [6, 6.07) is 11.3. The molecular weight excluding hydrogens is 332 g/mol. The van der Waals surface area contributed by atoms with Crippen LogP contribution < -0.4 is 10.2 Å². The summed E-state index contributed by atoms with van der Waals surface area (Å²) in [4.78, 5) is 3.70. The molecule has 2 nitrogen and oxygen atoms in total. The Balaban J connectivity index is 2.15. The summed E-state index contributed by atoms with van der Waals surface area (Å²) in [7, 11) is 2.15. The Morgan fingerprint density at radius 1 is 1.35 bits per heavy atom. The molecule has 0 fully saturated rings. The minimum absolute atomic E-state index is 0.380. The maximum absolute atomic E-state index is 3.71. The van der Waals surface area contributed by atoms with E-state index >= 15 is 0 Å². The van der Waals surface area contributed by atoms with Gasteiger partial charge in [0.15, 0.2) is 0 Å². The maximum atomic E-state index is 3.71. The van der Waals surface area contributed by atoms with E-state index in [1.807, 2.05) is 11.3 Å². The lowest BCUT2D eigenvalue weighted by atomic mass is 10.1. The molecule has 4 heteroatoms. The van der Waals surface area contributed by atoms with Gasteiger partial charge in [-0.1, -0.05) is 19.1 Å². The van der Waals surface area contributed by atoms with Crippen LogP contribution >= 0.6 is 27.3 Å². The van der Waals surface area contributed by atoms with E-state index in [4.69, 9.17) is 0 Å². The summed E-state index contributed by atoms with van der Waals surface area (Å²) in [6.07, 6.45) is 0. The summed E-state index contributed by atoms with van der Waals surface area (Å²) in [5.74, 6) is 0. The summed E-state index contributed by atoms with van der Waals surface area (Å²) in [5, 5.41) is 5.49. The second-order valence-electron chi connectivity index (χ2n) is 4.87. The molecule has 0 aliphatic heterocycles. The van der Waals surface area contributed by atoms with Gasteiger partial charge in [0.1, 0.15) is 0 Å². The zero-order valence-corrected chi connectivity index (χ0v) is 14.6.